The van der Waals surface area contributed by atoms with E-state index in [9.17, 15) is 9.59 Å². The number of carbonyl (C=O) groups is 2. The summed E-state index contributed by atoms with van der Waals surface area (Å²) in [6.07, 6.45) is 3.56. The second kappa shape index (κ2) is 9.50. The number of benzene rings is 1. The summed E-state index contributed by atoms with van der Waals surface area (Å²) >= 11 is 0. The van der Waals surface area contributed by atoms with Crippen LogP contribution in [0.15, 0.2) is 30.3 Å². The standard InChI is InChI=1S/C21H29N5O2/c1-15(27)23-11-12-24-17-8-9-19-18(14-17)20(21(28)22-2)25-26(19)13-10-16-6-4-3-5-7-16/h3-7,17,24H,8-14H2,1-2H3,(H,22,28)(H,23,27)/t17-/m0/s1. The van der Waals surface area contributed by atoms with Crippen molar-refractivity contribution in [2.45, 2.75) is 45.2 Å². The Morgan fingerprint density at radius 2 is 2.00 bits per heavy atom. The van der Waals surface area contributed by atoms with Gasteiger partial charge in [-0.15, -0.1) is 0 Å². The first-order valence-electron chi connectivity index (χ1n) is 9.91. The molecule has 150 valence electrons. The molecule has 1 aromatic heterocycles. The van der Waals surface area contributed by atoms with Gasteiger partial charge in [-0.3, -0.25) is 14.3 Å². The number of carbonyl (C=O) groups excluding carboxylic acids is 2. The van der Waals surface area contributed by atoms with Crippen LogP contribution < -0.4 is 16.0 Å². The topological polar surface area (TPSA) is 88.1 Å². The molecule has 2 aromatic rings. The van der Waals surface area contributed by atoms with Crippen molar-refractivity contribution in [2.75, 3.05) is 20.1 Å². The zero-order valence-corrected chi connectivity index (χ0v) is 16.6. The van der Waals surface area contributed by atoms with Gasteiger partial charge in [0.2, 0.25) is 5.91 Å². The number of hydrogen-bond acceptors (Lipinski definition) is 4. The van der Waals surface area contributed by atoms with Gasteiger partial charge in [0.05, 0.1) is 0 Å². The van der Waals surface area contributed by atoms with Gasteiger partial charge in [0.1, 0.15) is 0 Å². The minimum Gasteiger partial charge on any atom is -0.355 e. The van der Waals surface area contributed by atoms with Gasteiger partial charge < -0.3 is 16.0 Å². The minimum atomic E-state index is -0.131. The summed E-state index contributed by atoms with van der Waals surface area (Å²) in [6, 6.07) is 10.6. The number of nitrogens with zero attached hydrogens (tertiary/aromatic N) is 2. The highest BCUT2D eigenvalue weighted by atomic mass is 16.2. The van der Waals surface area contributed by atoms with Crippen molar-refractivity contribution in [3.63, 3.8) is 0 Å². The monoisotopic (exact) mass is 383 g/mol. The third-order valence-corrected chi connectivity index (χ3v) is 5.18. The Hall–Kier alpha value is -2.67. The van der Waals surface area contributed by atoms with Crippen molar-refractivity contribution in [3.8, 4) is 0 Å². The Bertz CT molecular complexity index is 816. The molecule has 7 heteroatoms. The summed E-state index contributed by atoms with van der Waals surface area (Å²) < 4.78 is 2.01. The average Bonchev–Trinajstić information content (AvgIpc) is 3.07. The second-order valence-corrected chi connectivity index (χ2v) is 7.19. The van der Waals surface area contributed by atoms with Crippen molar-refractivity contribution in [3.05, 3.63) is 52.8 Å². The van der Waals surface area contributed by atoms with Crippen LogP contribution >= 0.6 is 0 Å². The van der Waals surface area contributed by atoms with Gasteiger partial charge in [0.15, 0.2) is 5.69 Å². The molecule has 0 bridgehead atoms. The van der Waals surface area contributed by atoms with Crippen LogP contribution in [0.3, 0.4) is 0 Å². The smallest absolute Gasteiger partial charge is 0.271 e. The van der Waals surface area contributed by atoms with E-state index in [0.29, 0.717) is 12.2 Å². The maximum absolute atomic E-state index is 12.4. The fraction of sp³-hybridized carbons (Fsp3) is 0.476. The molecule has 0 saturated carbocycles. The Balaban J connectivity index is 1.69. The van der Waals surface area contributed by atoms with Gasteiger partial charge >= 0.3 is 0 Å². The molecule has 0 spiro atoms. The summed E-state index contributed by atoms with van der Waals surface area (Å²) in [4.78, 5) is 23.3. The lowest BCUT2D eigenvalue weighted by Gasteiger charge is -2.24. The highest BCUT2D eigenvalue weighted by molar-refractivity contribution is 5.93. The fourth-order valence-electron chi connectivity index (χ4n) is 3.74. The van der Waals surface area contributed by atoms with E-state index < -0.39 is 0 Å². The third kappa shape index (κ3) is 4.98. The molecule has 1 heterocycles. The first-order chi connectivity index (χ1) is 13.6. The minimum absolute atomic E-state index is 0.0191. The lowest BCUT2D eigenvalue weighted by Crippen LogP contribution is -2.40. The molecule has 7 nitrogen and oxygen atoms in total. The van der Waals surface area contributed by atoms with Gasteiger partial charge in [-0.2, -0.15) is 5.10 Å². The number of aromatic nitrogens is 2. The van der Waals surface area contributed by atoms with Crippen molar-refractivity contribution in [2.24, 2.45) is 0 Å². The summed E-state index contributed by atoms with van der Waals surface area (Å²) in [5.74, 6) is -0.150. The number of hydrogen-bond donors (Lipinski definition) is 3. The number of amides is 2. The van der Waals surface area contributed by atoms with Crippen LogP contribution in [0.2, 0.25) is 0 Å². The van der Waals surface area contributed by atoms with E-state index in [4.69, 9.17) is 0 Å². The van der Waals surface area contributed by atoms with Gasteiger partial charge in [0.25, 0.3) is 5.91 Å². The maximum atomic E-state index is 12.4. The summed E-state index contributed by atoms with van der Waals surface area (Å²) in [5.41, 5.74) is 4.03. The first-order valence-corrected chi connectivity index (χ1v) is 9.91. The number of rotatable bonds is 8. The van der Waals surface area contributed by atoms with Crippen LogP contribution in [0.1, 0.15) is 40.7 Å². The van der Waals surface area contributed by atoms with E-state index in [2.05, 4.69) is 33.2 Å². The van der Waals surface area contributed by atoms with E-state index in [1.54, 1.807) is 7.05 Å². The molecule has 1 atom stereocenters. The van der Waals surface area contributed by atoms with E-state index in [1.165, 1.54) is 18.2 Å². The van der Waals surface area contributed by atoms with E-state index in [1.807, 2.05) is 22.9 Å². The molecule has 0 unspecified atom stereocenters. The Labute approximate surface area is 165 Å². The van der Waals surface area contributed by atoms with Crippen LogP contribution in [0, 0.1) is 0 Å². The van der Waals surface area contributed by atoms with E-state index >= 15 is 0 Å². The van der Waals surface area contributed by atoms with Crippen LogP contribution in [-0.4, -0.2) is 47.8 Å². The molecule has 28 heavy (non-hydrogen) atoms. The SMILES string of the molecule is CNC(=O)c1nn(CCc2ccccc2)c2c1C[C@@H](NCCNC(C)=O)CC2. The molecular formula is C21H29N5O2. The van der Waals surface area contributed by atoms with Crippen LogP contribution in [0.4, 0.5) is 0 Å². The molecule has 1 aliphatic carbocycles. The molecule has 1 aliphatic rings. The zero-order valence-electron chi connectivity index (χ0n) is 16.6. The Kier molecular flexibility index (Phi) is 6.81. The molecule has 2 amide bonds. The molecule has 0 aliphatic heterocycles. The van der Waals surface area contributed by atoms with Crippen LogP contribution in [-0.2, 0) is 30.6 Å². The maximum Gasteiger partial charge on any atom is 0.271 e. The van der Waals surface area contributed by atoms with Gasteiger partial charge in [-0.25, -0.2) is 0 Å². The van der Waals surface area contributed by atoms with Crippen LogP contribution in [0.25, 0.3) is 0 Å². The van der Waals surface area contributed by atoms with Crippen LogP contribution in [0.5, 0.6) is 0 Å². The average molecular weight is 383 g/mol. The highest BCUT2D eigenvalue weighted by Crippen LogP contribution is 2.25. The fourth-order valence-corrected chi connectivity index (χ4v) is 3.74. The largest absolute Gasteiger partial charge is 0.355 e. The normalized spacial score (nSPS) is 15.7. The van der Waals surface area contributed by atoms with Crippen molar-refractivity contribution >= 4 is 11.8 Å². The summed E-state index contributed by atoms with van der Waals surface area (Å²) in [5, 5.41) is 13.7. The quantitative estimate of drug-likeness (QED) is 0.595. The first kappa shape index (κ1) is 20.1. The lowest BCUT2D eigenvalue weighted by molar-refractivity contribution is -0.118. The van der Waals surface area contributed by atoms with Gasteiger partial charge in [-0.05, 0) is 31.2 Å². The van der Waals surface area contributed by atoms with E-state index in [0.717, 1.165) is 44.3 Å². The Morgan fingerprint density at radius 3 is 2.71 bits per heavy atom. The zero-order chi connectivity index (χ0) is 19.9. The molecule has 0 radical (unpaired) electrons. The number of aryl methyl sites for hydroxylation is 2. The molecule has 1 aromatic carbocycles. The van der Waals surface area contributed by atoms with Crippen molar-refractivity contribution in [1.29, 1.82) is 0 Å². The van der Waals surface area contributed by atoms with Crippen molar-refractivity contribution in [1.82, 2.24) is 25.7 Å². The third-order valence-electron chi connectivity index (χ3n) is 5.18. The molecule has 3 N–H and O–H groups in total. The van der Waals surface area contributed by atoms with Gasteiger partial charge in [0, 0.05) is 50.9 Å². The second-order valence-electron chi connectivity index (χ2n) is 7.19. The number of fused-ring (bicyclic) bond motifs is 1. The number of nitrogens with one attached hydrogen (secondary N) is 3. The molecule has 0 saturated heterocycles. The summed E-state index contributed by atoms with van der Waals surface area (Å²) in [7, 11) is 1.64. The summed E-state index contributed by atoms with van der Waals surface area (Å²) in [6.45, 7) is 3.62. The molecular weight excluding hydrogens is 354 g/mol. The van der Waals surface area contributed by atoms with E-state index in [-0.39, 0.29) is 17.9 Å². The lowest BCUT2D eigenvalue weighted by atomic mass is 9.91. The molecule has 3 rings (SSSR count). The van der Waals surface area contributed by atoms with Crippen molar-refractivity contribution < 1.29 is 9.59 Å². The molecule has 0 fully saturated rings. The predicted octanol–water partition coefficient (Wildman–Crippen LogP) is 1.07. The predicted molar refractivity (Wildman–Crippen MR) is 108 cm³/mol. The van der Waals surface area contributed by atoms with Gasteiger partial charge in [-0.1, -0.05) is 30.3 Å². The highest BCUT2D eigenvalue weighted by Gasteiger charge is 2.28. The Morgan fingerprint density at radius 1 is 1.21 bits per heavy atom.